The van der Waals surface area contributed by atoms with Gasteiger partial charge in [-0.3, -0.25) is 4.79 Å². The van der Waals surface area contributed by atoms with Crippen LogP contribution in [0.4, 0.5) is 19.1 Å². The van der Waals surface area contributed by atoms with Crippen molar-refractivity contribution < 1.29 is 22.4 Å². The van der Waals surface area contributed by atoms with E-state index in [4.69, 9.17) is 4.42 Å². The van der Waals surface area contributed by atoms with Gasteiger partial charge in [0.1, 0.15) is 11.8 Å². The topological polar surface area (TPSA) is 73.0 Å². The van der Waals surface area contributed by atoms with Crippen LogP contribution in [0.15, 0.2) is 34.1 Å². The molecular weight excluding hydrogens is 325 g/mol. The van der Waals surface area contributed by atoms with E-state index < -0.39 is 18.0 Å². The molecule has 6 nitrogen and oxygen atoms in total. The average molecular weight is 338 g/mol. The average Bonchev–Trinajstić information content (AvgIpc) is 3.13. The van der Waals surface area contributed by atoms with E-state index in [1.165, 1.54) is 6.26 Å². The minimum Gasteiger partial charge on any atom is -0.467 e. The van der Waals surface area contributed by atoms with Crippen LogP contribution in [-0.2, 0) is 11.0 Å². The smallest absolute Gasteiger partial charge is 0.453 e. The van der Waals surface area contributed by atoms with Crippen molar-refractivity contribution >= 4 is 11.7 Å². The predicted octanol–water partition coefficient (Wildman–Crippen LogP) is 3.16. The summed E-state index contributed by atoms with van der Waals surface area (Å²) in [4.78, 5) is 16.1. The van der Waals surface area contributed by atoms with Gasteiger partial charge in [0.25, 0.3) is 5.82 Å². The molecule has 0 amide bonds. The van der Waals surface area contributed by atoms with Crippen molar-refractivity contribution in [2.75, 3.05) is 5.32 Å². The number of fused-ring (bicyclic) bond motifs is 1. The van der Waals surface area contributed by atoms with Crippen LogP contribution in [0, 0.1) is 5.92 Å². The van der Waals surface area contributed by atoms with Gasteiger partial charge in [-0.1, -0.05) is 6.92 Å². The lowest BCUT2D eigenvalue weighted by Gasteiger charge is -2.32. The molecule has 2 aliphatic rings. The third-order valence-electron chi connectivity index (χ3n) is 4.19. The summed E-state index contributed by atoms with van der Waals surface area (Å²) in [6.45, 7) is 1.92. The number of hydrogen-bond donors (Lipinski definition) is 1. The van der Waals surface area contributed by atoms with Crippen molar-refractivity contribution in [2.24, 2.45) is 5.92 Å². The number of anilines is 1. The van der Waals surface area contributed by atoms with E-state index in [2.05, 4.69) is 15.4 Å². The SMILES string of the molecule is C[C@@H]1CC(=O)C2=C(C1)Nc1nc(C(F)(F)F)nn1[C@@H]2c1ccco1. The third kappa shape index (κ3) is 2.22. The monoisotopic (exact) mass is 338 g/mol. The number of carbonyl (C=O) groups excluding carboxylic acids is 1. The largest absolute Gasteiger partial charge is 0.467 e. The van der Waals surface area contributed by atoms with Gasteiger partial charge in [-0.05, 0) is 24.5 Å². The van der Waals surface area contributed by atoms with Gasteiger partial charge in [-0.15, -0.1) is 5.10 Å². The van der Waals surface area contributed by atoms with Crippen LogP contribution in [0.5, 0.6) is 0 Å². The summed E-state index contributed by atoms with van der Waals surface area (Å²) in [6, 6.07) is 2.40. The van der Waals surface area contributed by atoms with Crippen LogP contribution in [0.3, 0.4) is 0 Å². The molecule has 0 saturated carbocycles. The van der Waals surface area contributed by atoms with E-state index in [1.807, 2.05) is 6.92 Å². The summed E-state index contributed by atoms with van der Waals surface area (Å²) < 4.78 is 45.4. The first-order chi connectivity index (χ1) is 11.3. The number of rotatable bonds is 1. The fourth-order valence-corrected chi connectivity index (χ4v) is 3.24. The summed E-state index contributed by atoms with van der Waals surface area (Å²) in [5.74, 6) is -0.942. The maximum atomic E-state index is 13.0. The van der Waals surface area contributed by atoms with Crippen molar-refractivity contribution in [3.05, 3.63) is 41.3 Å². The molecular formula is C15H13F3N4O2. The normalized spacial score (nSPS) is 23.8. The van der Waals surface area contributed by atoms with Crippen LogP contribution in [0.1, 0.15) is 37.4 Å². The summed E-state index contributed by atoms with van der Waals surface area (Å²) in [7, 11) is 0. The quantitative estimate of drug-likeness (QED) is 0.865. The van der Waals surface area contributed by atoms with Crippen LogP contribution >= 0.6 is 0 Å². The number of allylic oxidation sites excluding steroid dienone is 2. The van der Waals surface area contributed by atoms with Gasteiger partial charge >= 0.3 is 6.18 Å². The fraction of sp³-hybridized carbons (Fsp3) is 0.400. The Morgan fingerprint density at radius 3 is 2.83 bits per heavy atom. The Balaban J connectivity index is 1.90. The molecule has 0 radical (unpaired) electrons. The first kappa shape index (κ1) is 15.0. The summed E-state index contributed by atoms with van der Waals surface area (Å²) >= 11 is 0. The molecule has 0 bridgehead atoms. The number of hydrogen-bond acceptors (Lipinski definition) is 5. The molecule has 1 N–H and O–H groups in total. The third-order valence-corrected chi connectivity index (χ3v) is 4.19. The van der Waals surface area contributed by atoms with Crippen molar-refractivity contribution in [2.45, 2.75) is 32.0 Å². The number of ketones is 1. The molecule has 126 valence electrons. The second kappa shape index (κ2) is 4.96. The maximum Gasteiger partial charge on any atom is 0.453 e. The highest BCUT2D eigenvalue weighted by atomic mass is 19.4. The molecule has 4 rings (SSSR count). The molecule has 3 heterocycles. The Labute approximate surface area is 134 Å². The minimum atomic E-state index is -4.67. The van der Waals surface area contributed by atoms with E-state index in [0.717, 1.165) is 4.68 Å². The predicted molar refractivity (Wildman–Crippen MR) is 75.9 cm³/mol. The minimum absolute atomic E-state index is 0.0376. The van der Waals surface area contributed by atoms with Gasteiger partial charge in [-0.2, -0.15) is 18.2 Å². The molecule has 24 heavy (non-hydrogen) atoms. The number of nitrogens with zero attached hydrogens (tertiary/aromatic N) is 3. The lowest BCUT2D eigenvalue weighted by Crippen LogP contribution is -2.33. The van der Waals surface area contributed by atoms with E-state index in [-0.39, 0.29) is 17.6 Å². The maximum absolute atomic E-state index is 13.0. The van der Waals surface area contributed by atoms with Crippen LogP contribution in [-0.4, -0.2) is 20.5 Å². The van der Waals surface area contributed by atoms with Crippen LogP contribution in [0.25, 0.3) is 0 Å². The Bertz CT molecular complexity index is 836. The molecule has 2 aromatic rings. The Morgan fingerprint density at radius 2 is 2.17 bits per heavy atom. The molecule has 0 saturated heterocycles. The fourth-order valence-electron chi connectivity index (χ4n) is 3.24. The number of carbonyl (C=O) groups is 1. The summed E-state index contributed by atoms with van der Waals surface area (Å²) in [6.07, 6.45) is -2.35. The molecule has 1 aliphatic carbocycles. The highest BCUT2D eigenvalue weighted by Crippen LogP contribution is 2.42. The zero-order chi connectivity index (χ0) is 17.1. The molecule has 9 heteroatoms. The molecule has 2 atom stereocenters. The van der Waals surface area contributed by atoms with Gasteiger partial charge in [0.15, 0.2) is 5.78 Å². The van der Waals surface area contributed by atoms with E-state index in [0.29, 0.717) is 29.9 Å². The molecule has 0 aromatic carbocycles. The number of furan rings is 1. The van der Waals surface area contributed by atoms with Gasteiger partial charge < -0.3 is 9.73 Å². The zero-order valence-electron chi connectivity index (χ0n) is 12.6. The lowest BCUT2D eigenvalue weighted by molar-refractivity contribution is -0.145. The Kier molecular flexibility index (Phi) is 3.09. The summed E-state index contributed by atoms with van der Waals surface area (Å²) in [5.41, 5.74) is 0.989. The number of aromatic nitrogens is 3. The number of alkyl halides is 3. The molecule has 0 spiro atoms. The van der Waals surface area contributed by atoms with Crippen molar-refractivity contribution in [3.8, 4) is 0 Å². The van der Waals surface area contributed by atoms with E-state index in [9.17, 15) is 18.0 Å². The highest BCUT2D eigenvalue weighted by molar-refractivity contribution is 5.99. The highest BCUT2D eigenvalue weighted by Gasteiger charge is 2.43. The standard InChI is InChI=1S/C15H13F3N4O2/c1-7-5-8-11(9(23)6-7)12(10-3-2-4-24-10)22-14(19-8)20-13(21-22)15(16,17)18/h2-4,7,12H,5-6H2,1H3,(H,19,20,21)/t7-,12+/m0/s1. The molecule has 0 fully saturated rings. The second-order valence-corrected chi connectivity index (χ2v) is 6.07. The van der Waals surface area contributed by atoms with Crippen LogP contribution < -0.4 is 5.32 Å². The van der Waals surface area contributed by atoms with Gasteiger partial charge in [0, 0.05) is 17.7 Å². The van der Waals surface area contributed by atoms with Gasteiger partial charge in [-0.25, -0.2) is 4.68 Å². The van der Waals surface area contributed by atoms with Gasteiger partial charge in [0.05, 0.1) is 6.26 Å². The Morgan fingerprint density at radius 1 is 1.38 bits per heavy atom. The van der Waals surface area contributed by atoms with Crippen molar-refractivity contribution in [1.29, 1.82) is 0 Å². The van der Waals surface area contributed by atoms with Crippen LogP contribution in [0.2, 0.25) is 0 Å². The number of nitrogens with one attached hydrogen (secondary N) is 1. The first-order valence-electron chi connectivity index (χ1n) is 7.45. The first-order valence-corrected chi connectivity index (χ1v) is 7.45. The van der Waals surface area contributed by atoms with E-state index in [1.54, 1.807) is 12.1 Å². The van der Waals surface area contributed by atoms with Crippen molar-refractivity contribution in [3.63, 3.8) is 0 Å². The van der Waals surface area contributed by atoms with Crippen molar-refractivity contribution in [1.82, 2.24) is 14.8 Å². The number of Topliss-reactive ketones (excluding diaryl/α,β-unsaturated/α-hetero) is 1. The number of halogens is 3. The Hall–Kier alpha value is -2.58. The summed E-state index contributed by atoms with van der Waals surface area (Å²) in [5, 5.41) is 6.43. The molecule has 2 aromatic heterocycles. The zero-order valence-corrected chi connectivity index (χ0v) is 12.6. The lowest BCUT2D eigenvalue weighted by atomic mass is 9.82. The van der Waals surface area contributed by atoms with E-state index >= 15 is 0 Å². The van der Waals surface area contributed by atoms with Gasteiger partial charge in [0.2, 0.25) is 5.95 Å². The second-order valence-electron chi connectivity index (χ2n) is 6.07. The molecule has 0 unspecified atom stereocenters. The molecule has 1 aliphatic heterocycles.